The van der Waals surface area contributed by atoms with Gasteiger partial charge >= 0.3 is 0 Å². The fourth-order valence-corrected chi connectivity index (χ4v) is 2.83. The molecular weight excluding hydrogens is 292 g/mol. The molecule has 0 spiro atoms. The molecule has 0 saturated carbocycles. The van der Waals surface area contributed by atoms with Crippen molar-refractivity contribution in [2.75, 3.05) is 33.3 Å². The zero-order chi connectivity index (χ0) is 17.2. The zero-order valence-electron chi connectivity index (χ0n) is 14.7. The Balaban J connectivity index is 2.19. The van der Waals surface area contributed by atoms with Crippen LogP contribution in [0.1, 0.15) is 43.6 Å². The van der Waals surface area contributed by atoms with Crippen molar-refractivity contribution in [2.45, 2.75) is 33.1 Å². The number of benzene rings is 1. The quantitative estimate of drug-likeness (QED) is 0.841. The summed E-state index contributed by atoms with van der Waals surface area (Å²) in [4.78, 5) is 27.7. The third-order valence-corrected chi connectivity index (χ3v) is 4.27. The molecule has 0 unspecified atom stereocenters. The second-order valence-corrected chi connectivity index (χ2v) is 6.96. The smallest absolute Gasteiger partial charge is 0.253 e. The molecule has 0 aromatic heterocycles. The van der Waals surface area contributed by atoms with Crippen molar-refractivity contribution in [3.05, 3.63) is 29.3 Å². The summed E-state index contributed by atoms with van der Waals surface area (Å²) in [6, 6.07) is 5.60. The third-order valence-electron chi connectivity index (χ3n) is 4.27. The molecule has 0 atom stereocenters. The molecule has 0 bridgehead atoms. The number of amides is 2. The first-order valence-electron chi connectivity index (χ1n) is 7.97. The van der Waals surface area contributed by atoms with Gasteiger partial charge in [0, 0.05) is 44.2 Å². The van der Waals surface area contributed by atoms with Crippen LogP contribution < -0.4 is 4.74 Å². The van der Waals surface area contributed by atoms with Gasteiger partial charge in [-0.25, -0.2) is 0 Å². The minimum atomic E-state index is -0.102. The van der Waals surface area contributed by atoms with Crippen molar-refractivity contribution in [3.8, 4) is 5.75 Å². The van der Waals surface area contributed by atoms with Gasteiger partial charge in [0.25, 0.3) is 5.91 Å². The highest BCUT2D eigenvalue weighted by atomic mass is 16.5. The summed E-state index contributed by atoms with van der Waals surface area (Å²) >= 11 is 0. The van der Waals surface area contributed by atoms with Crippen molar-refractivity contribution in [2.24, 2.45) is 0 Å². The van der Waals surface area contributed by atoms with E-state index in [2.05, 4.69) is 20.8 Å². The Bertz CT molecular complexity index is 597. The summed E-state index contributed by atoms with van der Waals surface area (Å²) < 4.78 is 5.42. The van der Waals surface area contributed by atoms with E-state index in [1.54, 1.807) is 18.9 Å². The Hall–Kier alpha value is -2.04. The lowest BCUT2D eigenvalue weighted by molar-refractivity contribution is -0.130. The highest BCUT2D eigenvalue weighted by Crippen LogP contribution is 2.32. The lowest BCUT2D eigenvalue weighted by atomic mass is 9.85. The van der Waals surface area contributed by atoms with Gasteiger partial charge in [0.2, 0.25) is 5.91 Å². The molecule has 0 aliphatic carbocycles. The predicted molar refractivity (Wildman–Crippen MR) is 89.9 cm³/mol. The fourth-order valence-electron chi connectivity index (χ4n) is 2.83. The van der Waals surface area contributed by atoms with Gasteiger partial charge in [-0.15, -0.1) is 0 Å². The number of nitrogens with zero attached hydrogens (tertiary/aromatic N) is 2. The van der Waals surface area contributed by atoms with Gasteiger partial charge in [-0.1, -0.05) is 20.8 Å². The lowest BCUT2D eigenvalue weighted by Gasteiger charge is -2.34. The van der Waals surface area contributed by atoms with Crippen LogP contribution in [-0.2, 0) is 10.2 Å². The van der Waals surface area contributed by atoms with Gasteiger partial charge in [-0.3, -0.25) is 9.59 Å². The number of carbonyl (C=O) groups excluding carboxylic acids is 2. The molecule has 0 N–H and O–H groups in total. The number of rotatable bonds is 2. The van der Waals surface area contributed by atoms with Crippen molar-refractivity contribution in [1.29, 1.82) is 0 Å². The predicted octanol–water partition coefficient (Wildman–Crippen LogP) is 2.30. The molecule has 5 heteroatoms. The molecule has 1 aromatic carbocycles. The van der Waals surface area contributed by atoms with Crippen LogP contribution in [0.2, 0.25) is 0 Å². The minimum absolute atomic E-state index is 0.0151. The summed E-state index contributed by atoms with van der Waals surface area (Å²) in [7, 11) is 1.65. The Morgan fingerprint density at radius 3 is 2.09 bits per heavy atom. The second kappa shape index (κ2) is 6.60. The first-order chi connectivity index (χ1) is 10.7. The maximum Gasteiger partial charge on any atom is 0.253 e. The van der Waals surface area contributed by atoms with Gasteiger partial charge in [0.1, 0.15) is 5.75 Å². The van der Waals surface area contributed by atoms with Gasteiger partial charge in [-0.05, 0) is 23.6 Å². The van der Waals surface area contributed by atoms with Crippen LogP contribution in [-0.4, -0.2) is 54.9 Å². The van der Waals surface area contributed by atoms with E-state index in [-0.39, 0.29) is 17.2 Å². The molecule has 2 amide bonds. The van der Waals surface area contributed by atoms with Gasteiger partial charge in [0.15, 0.2) is 0 Å². The summed E-state index contributed by atoms with van der Waals surface area (Å²) in [5.74, 6) is 0.883. The largest absolute Gasteiger partial charge is 0.496 e. The van der Waals surface area contributed by atoms with Crippen molar-refractivity contribution in [1.82, 2.24) is 9.80 Å². The Morgan fingerprint density at radius 1 is 1.04 bits per heavy atom. The average molecular weight is 318 g/mol. The van der Waals surface area contributed by atoms with E-state index in [0.29, 0.717) is 31.7 Å². The third kappa shape index (κ3) is 3.84. The molecule has 1 aliphatic rings. The molecule has 2 rings (SSSR count). The Labute approximate surface area is 138 Å². The molecular formula is C18H26N2O3. The maximum atomic E-state index is 12.7. The van der Waals surface area contributed by atoms with Gasteiger partial charge in [-0.2, -0.15) is 0 Å². The number of piperazine rings is 1. The lowest BCUT2D eigenvalue weighted by Crippen LogP contribution is -2.50. The molecule has 1 fully saturated rings. The van der Waals surface area contributed by atoms with Crippen molar-refractivity contribution < 1.29 is 14.3 Å². The van der Waals surface area contributed by atoms with E-state index < -0.39 is 0 Å². The van der Waals surface area contributed by atoms with E-state index >= 15 is 0 Å². The minimum Gasteiger partial charge on any atom is -0.496 e. The summed E-state index contributed by atoms with van der Waals surface area (Å²) in [5, 5.41) is 0. The first kappa shape index (κ1) is 17.3. The van der Waals surface area contributed by atoms with Crippen LogP contribution in [0.3, 0.4) is 0 Å². The van der Waals surface area contributed by atoms with E-state index in [1.807, 2.05) is 23.1 Å². The second-order valence-electron chi connectivity index (χ2n) is 6.96. The normalized spacial score (nSPS) is 15.5. The van der Waals surface area contributed by atoms with Crippen molar-refractivity contribution >= 4 is 11.8 Å². The van der Waals surface area contributed by atoms with E-state index in [4.69, 9.17) is 4.74 Å². The molecule has 0 radical (unpaired) electrons. The number of carbonyl (C=O) groups is 2. The monoisotopic (exact) mass is 318 g/mol. The van der Waals surface area contributed by atoms with Crippen LogP contribution in [0.15, 0.2) is 18.2 Å². The summed E-state index contributed by atoms with van der Waals surface area (Å²) in [6.45, 7) is 10.2. The molecule has 1 aliphatic heterocycles. The summed E-state index contributed by atoms with van der Waals surface area (Å²) in [5.41, 5.74) is 1.59. The van der Waals surface area contributed by atoms with Gasteiger partial charge < -0.3 is 14.5 Å². The number of hydrogen-bond donors (Lipinski definition) is 0. The zero-order valence-corrected chi connectivity index (χ0v) is 14.7. The average Bonchev–Trinajstić information content (AvgIpc) is 2.52. The SMILES string of the molecule is COc1ccc(C(=O)N2CCN(C(C)=O)CC2)cc1C(C)(C)C. The van der Waals surface area contributed by atoms with Gasteiger partial charge in [0.05, 0.1) is 7.11 Å². The molecule has 1 heterocycles. The summed E-state index contributed by atoms with van der Waals surface area (Å²) in [6.07, 6.45) is 0. The van der Waals surface area contributed by atoms with Crippen LogP contribution >= 0.6 is 0 Å². The van der Waals surface area contributed by atoms with E-state index in [1.165, 1.54) is 0 Å². The standard InChI is InChI=1S/C18H26N2O3/c1-13(21)19-8-10-20(11-9-19)17(22)14-6-7-16(23-5)15(12-14)18(2,3)4/h6-7,12H,8-11H2,1-5H3. The molecule has 1 aromatic rings. The van der Waals surface area contributed by atoms with E-state index in [0.717, 1.165) is 11.3 Å². The van der Waals surface area contributed by atoms with Crippen LogP contribution in [0, 0.1) is 0 Å². The van der Waals surface area contributed by atoms with Crippen LogP contribution in [0.25, 0.3) is 0 Å². The van der Waals surface area contributed by atoms with Crippen LogP contribution in [0.4, 0.5) is 0 Å². The topological polar surface area (TPSA) is 49.9 Å². The highest BCUT2D eigenvalue weighted by molar-refractivity contribution is 5.95. The molecule has 1 saturated heterocycles. The molecule has 23 heavy (non-hydrogen) atoms. The first-order valence-corrected chi connectivity index (χ1v) is 7.97. The highest BCUT2D eigenvalue weighted by Gasteiger charge is 2.25. The Morgan fingerprint density at radius 2 is 1.61 bits per heavy atom. The maximum absolute atomic E-state index is 12.7. The fraction of sp³-hybridized carbons (Fsp3) is 0.556. The molecule has 5 nitrogen and oxygen atoms in total. The molecule has 126 valence electrons. The Kier molecular flexibility index (Phi) is 4.97. The van der Waals surface area contributed by atoms with Crippen molar-refractivity contribution in [3.63, 3.8) is 0 Å². The number of methoxy groups -OCH3 is 1. The van der Waals surface area contributed by atoms with Crippen LogP contribution in [0.5, 0.6) is 5.75 Å². The van der Waals surface area contributed by atoms with E-state index in [9.17, 15) is 9.59 Å². The number of hydrogen-bond acceptors (Lipinski definition) is 3. The number of ether oxygens (including phenoxy) is 1.